The molecule has 72 valence electrons. The SMILES string of the molecule is OCc1cc(C(F)F)nc(F)c1I. The van der Waals surface area contributed by atoms with Crippen LogP contribution in [-0.4, -0.2) is 10.1 Å². The normalized spacial score (nSPS) is 10.9. The average Bonchev–Trinajstić information content (AvgIpc) is 2.09. The molecule has 1 rings (SSSR count). The molecule has 0 amide bonds. The van der Waals surface area contributed by atoms with Crippen LogP contribution in [0.25, 0.3) is 0 Å². The number of hydrogen-bond donors (Lipinski definition) is 1. The van der Waals surface area contributed by atoms with Crippen molar-refractivity contribution in [3.8, 4) is 0 Å². The number of nitrogens with zero attached hydrogens (tertiary/aromatic N) is 1. The van der Waals surface area contributed by atoms with Gasteiger partial charge in [0.25, 0.3) is 6.43 Å². The molecule has 1 heterocycles. The van der Waals surface area contributed by atoms with Crippen LogP contribution in [0.3, 0.4) is 0 Å². The first-order chi connectivity index (χ1) is 6.06. The number of hydrogen-bond acceptors (Lipinski definition) is 2. The first-order valence-electron chi connectivity index (χ1n) is 3.30. The van der Waals surface area contributed by atoms with Gasteiger partial charge in [0.1, 0.15) is 5.69 Å². The minimum absolute atomic E-state index is 0.0736. The summed E-state index contributed by atoms with van der Waals surface area (Å²) in [5, 5.41) is 8.70. The molecule has 1 aromatic rings. The Bertz CT molecular complexity index is 319. The molecular weight excluding hydrogens is 298 g/mol. The van der Waals surface area contributed by atoms with Crippen molar-refractivity contribution in [2.75, 3.05) is 0 Å². The molecule has 0 bridgehead atoms. The Labute approximate surface area is 85.9 Å². The second-order valence-corrected chi connectivity index (χ2v) is 3.35. The molecule has 6 heteroatoms. The predicted octanol–water partition coefficient (Wildman–Crippen LogP) is 2.26. The molecule has 0 aromatic carbocycles. The van der Waals surface area contributed by atoms with Crippen LogP contribution in [0.1, 0.15) is 17.7 Å². The summed E-state index contributed by atoms with van der Waals surface area (Å²) in [4.78, 5) is 3.05. The monoisotopic (exact) mass is 303 g/mol. The van der Waals surface area contributed by atoms with E-state index in [0.717, 1.165) is 6.07 Å². The molecular formula is C7H5F3INO. The first-order valence-corrected chi connectivity index (χ1v) is 4.38. The van der Waals surface area contributed by atoms with Crippen LogP contribution >= 0.6 is 22.6 Å². The number of aliphatic hydroxyl groups is 1. The minimum Gasteiger partial charge on any atom is -0.392 e. The molecule has 0 unspecified atom stereocenters. The highest BCUT2D eigenvalue weighted by molar-refractivity contribution is 14.1. The van der Waals surface area contributed by atoms with E-state index in [9.17, 15) is 13.2 Å². The van der Waals surface area contributed by atoms with Crippen LogP contribution in [0.4, 0.5) is 13.2 Å². The number of alkyl halides is 2. The number of rotatable bonds is 2. The second-order valence-electron chi connectivity index (χ2n) is 2.27. The fraction of sp³-hybridized carbons (Fsp3) is 0.286. The number of pyridine rings is 1. The molecule has 0 aliphatic carbocycles. The van der Waals surface area contributed by atoms with E-state index >= 15 is 0 Å². The zero-order chi connectivity index (χ0) is 10.0. The third-order valence-electron chi connectivity index (χ3n) is 1.41. The van der Waals surface area contributed by atoms with Crippen LogP contribution in [0.5, 0.6) is 0 Å². The van der Waals surface area contributed by atoms with E-state index < -0.39 is 24.7 Å². The van der Waals surface area contributed by atoms with E-state index in [0.29, 0.717) is 0 Å². The smallest absolute Gasteiger partial charge is 0.280 e. The second kappa shape index (κ2) is 4.23. The highest BCUT2D eigenvalue weighted by Crippen LogP contribution is 2.22. The molecule has 2 nitrogen and oxygen atoms in total. The predicted molar refractivity (Wildman–Crippen MR) is 47.8 cm³/mol. The van der Waals surface area contributed by atoms with Gasteiger partial charge in [-0.05, 0) is 34.2 Å². The third kappa shape index (κ3) is 2.31. The van der Waals surface area contributed by atoms with Gasteiger partial charge in [0.05, 0.1) is 10.2 Å². The van der Waals surface area contributed by atoms with Crippen LogP contribution < -0.4 is 0 Å². The highest BCUT2D eigenvalue weighted by Gasteiger charge is 2.15. The Balaban J connectivity index is 3.22. The van der Waals surface area contributed by atoms with Gasteiger partial charge in [0, 0.05) is 0 Å². The fourth-order valence-corrected chi connectivity index (χ4v) is 1.24. The summed E-state index contributed by atoms with van der Waals surface area (Å²) in [6, 6.07) is 0.996. The van der Waals surface area contributed by atoms with Crippen molar-refractivity contribution >= 4 is 22.6 Å². The van der Waals surface area contributed by atoms with E-state index in [4.69, 9.17) is 5.11 Å². The van der Waals surface area contributed by atoms with E-state index in [-0.39, 0.29) is 9.13 Å². The number of aromatic nitrogens is 1. The Morgan fingerprint density at radius 3 is 2.62 bits per heavy atom. The van der Waals surface area contributed by atoms with E-state index in [1.165, 1.54) is 0 Å². The lowest BCUT2D eigenvalue weighted by atomic mass is 10.2. The van der Waals surface area contributed by atoms with Gasteiger partial charge in [0.15, 0.2) is 0 Å². The highest BCUT2D eigenvalue weighted by atomic mass is 127. The lowest BCUT2D eigenvalue weighted by molar-refractivity contribution is 0.144. The van der Waals surface area contributed by atoms with Gasteiger partial charge < -0.3 is 5.11 Å². The Morgan fingerprint density at radius 2 is 2.15 bits per heavy atom. The lowest BCUT2D eigenvalue weighted by Crippen LogP contribution is -2.01. The van der Waals surface area contributed by atoms with Crippen LogP contribution in [-0.2, 0) is 6.61 Å². The van der Waals surface area contributed by atoms with Crippen molar-refractivity contribution < 1.29 is 18.3 Å². The van der Waals surface area contributed by atoms with Gasteiger partial charge in [-0.25, -0.2) is 13.8 Å². The summed E-state index contributed by atoms with van der Waals surface area (Å²) in [5.41, 5.74) is -0.523. The van der Waals surface area contributed by atoms with Crippen LogP contribution in [0.15, 0.2) is 6.07 Å². The van der Waals surface area contributed by atoms with Crippen molar-refractivity contribution in [3.63, 3.8) is 0 Å². The van der Waals surface area contributed by atoms with Gasteiger partial charge in [-0.2, -0.15) is 4.39 Å². The van der Waals surface area contributed by atoms with Crippen LogP contribution in [0.2, 0.25) is 0 Å². The summed E-state index contributed by atoms with van der Waals surface area (Å²) in [6.07, 6.45) is -2.82. The molecule has 0 spiro atoms. The maximum absolute atomic E-state index is 12.8. The zero-order valence-electron chi connectivity index (χ0n) is 6.27. The van der Waals surface area contributed by atoms with Crippen molar-refractivity contribution in [1.82, 2.24) is 4.98 Å². The number of aliphatic hydroxyl groups excluding tert-OH is 1. The fourth-order valence-electron chi connectivity index (χ4n) is 0.796. The molecule has 0 atom stereocenters. The van der Waals surface area contributed by atoms with E-state index in [1.807, 2.05) is 0 Å². The molecule has 0 radical (unpaired) electrons. The van der Waals surface area contributed by atoms with Gasteiger partial charge in [0.2, 0.25) is 5.95 Å². The van der Waals surface area contributed by atoms with Gasteiger partial charge in [-0.15, -0.1) is 0 Å². The lowest BCUT2D eigenvalue weighted by Gasteiger charge is -2.04. The molecule has 1 N–H and O–H groups in total. The standard InChI is InChI=1S/C7H5F3INO/c8-6(9)4-1-3(2-13)5(11)7(10)12-4/h1,6,13H,2H2. The van der Waals surface area contributed by atoms with E-state index in [1.54, 1.807) is 22.6 Å². The Hall–Kier alpha value is -0.370. The summed E-state index contributed by atoms with van der Waals surface area (Å²) in [6.45, 7) is -0.475. The largest absolute Gasteiger partial charge is 0.392 e. The van der Waals surface area contributed by atoms with Gasteiger partial charge in [-0.1, -0.05) is 0 Å². The minimum atomic E-state index is -2.82. The Kier molecular flexibility index (Phi) is 3.48. The van der Waals surface area contributed by atoms with Gasteiger partial charge in [-0.3, -0.25) is 0 Å². The molecule has 1 aromatic heterocycles. The molecule has 0 aliphatic rings. The van der Waals surface area contributed by atoms with E-state index in [2.05, 4.69) is 4.98 Å². The van der Waals surface area contributed by atoms with Crippen molar-refractivity contribution in [2.45, 2.75) is 13.0 Å². The zero-order valence-corrected chi connectivity index (χ0v) is 8.43. The van der Waals surface area contributed by atoms with Crippen molar-refractivity contribution in [1.29, 1.82) is 0 Å². The maximum Gasteiger partial charge on any atom is 0.280 e. The molecule has 0 aliphatic heterocycles. The number of halogens is 4. The summed E-state index contributed by atoms with van der Waals surface area (Å²) in [5.74, 6) is -0.970. The van der Waals surface area contributed by atoms with Crippen molar-refractivity contribution in [2.24, 2.45) is 0 Å². The average molecular weight is 303 g/mol. The summed E-state index contributed by atoms with van der Waals surface area (Å²) < 4.78 is 37.1. The molecule has 13 heavy (non-hydrogen) atoms. The topological polar surface area (TPSA) is 33.1 Å². The molecule has 0 fully saturated rings. The summed E-state index contributed by atoms with van der Waals surface area (Å²) in [7, 11) is 0. The summed E-state index contributed by atoms with van der Waals surface area (Å²) >= 11 is 1.60. The molecule has 0 saturated heterocycles. The third-order valence-corrected chi connectivity index (χ3v) is 2.54. The Morgan fingerprint density at radius 1 is 1.54 bits per heavy atom. The van der Waals surface area contributed by atoms with Crippen LogP contribution in [0, 0.1) is 9.52 Å². The molecule has 0 saturated carbocycles. The van der Waals surface area contributed by atoms with Gasteiger partial charge >= 0.3 is 0 Å². The van der Waals surface area contributed by atoms with Crippen molar-refractivity contribution in [3.05, 3.63) is 26.8 Å². The quantitative estimate of drug-likeness (QED) is 0.671. The maximum atomic E-state index is 12.8. The first kappa shape index (κ1) is 10.7.